The summed E-state index contributed by atoms with van der Waals surface area (Å²) in [6, 6.07) is 8.48. The van der Waals surface area contributed by atoms with Crippen molar-refractivity contribution in [2.75, 3.05) is 5.32 Å². The fourth-order valence-electron chi connectivity index (χ4n) is 1.70. The van der Waals surface area contributed by atoms with Crippen LogP contribution in [0.4, 0.5) is 10.2 Å². The van der Waals surface area contributed by atoms with Gasteiger partial charge in [-0.1, -0.05) is 12.6 Å². The Morgan fingerprint density at radius 1 is 1.26 bits per heavy atom. The normalized spacial score (nSPS) is 10.3. The zero-order valence-corrected chi connectivity index (χ0v) is 11.1. The molecule has 0 saturated heterocycles. The van der Waals surface area contributed by atoms with Crippen LogP contribution < -0.4 is 5.32 Å². The number of rotatable bonds is 4. The number of anilines is 1. The molecule has 0 unspecified atom stereocenters. The number of allylic oxidation sites excluding steroid dienone is 1. The summed E-state index contributed by atoms with van der Waals surface area (Å²) in [5.74, 6) is 0.473. The summed E-state index contributed by atoms with van der Waals surface area (Å²) in [6.07, 6.45) is 0. The van der Waals surface area contributed by atoms with E-state index in [0.29, 0.717) is 12.4 Å². The molecule has 0 aliphatic rings. The smallest absolute Gasteiger partial charge is 0.148 e. The van der Waals surface area contributed by atoms with E-state index in [1.165, 1.54) is 12.1 Å². The monoisotopic (exact) mass is 257 g/mol. The first-order valence-corrected chi connectivity index (χ1v) is 6.05. The highest BCUT2D eigenvalue weighted by Crippen LogP contribution is 2.13. The van der Waals surface area contributed by atoms with Crippen LogP contribution in [0.25, 0.3) is 5.57 Å². The predicted octanol–water partition coefficient (Wildman–Crippen LogP) is 3.57. The van der Waals surface area contributed by atoms with Crippen LogP contribution in [0.15, 0.2) is 36.9 Å². The van der Waals surface area contributed by atoms with Crippen LogP contribution in [-0.2, 0) is 6.54 Å². The van der Waals surface area contributed by atoms with Gasteiger partial charge in [0, 0.05) is 6.54 Å². The van der Waals surface area contributed by atoms with Gasteiger partial charge in [-0.25, -0.2) is 4.39 Å². The lowest BCUT2D eigenvalue weighted by Crippen LogP contribution is -2.04. The number of hydrogen-bond acceptors (Lipinski definition) is 3. The highest BCUT2D eigenvalue weighted by atomic mass is 19.1. The summed E-state index contributed by atoms with van der Waals surface area (Å²) in [4.78, 5) is 0. The highest BCUT2D eigenvalue weighted by molar-refractivity contribution is 5.57. The molecule has 0 atom stereocenters. The molecule has 1 aromatic carbocycles. The lowest BCUT2D eigenvalue weighted by atomic mass is 10.1. The maximum Gasteiger partial charge on any atom is 0.148 e. The van der Waals surface area contributed by atoms with Gasteiger partial charge in [0.05, 0.1) is 5.69 Å². The minimum absolute atomic E-state index is 0.216. The molecule has 2 aromatic rings. The molecule has 3 nitrogen and oxygen atoms in total. The summed E-state index contributed by atoms with van der Waals surface area (Å²) < 4.78 is 13.0. The Balaban J connectivity index is 2.04. The van der Waals surface area contributed by atoms with Gasteiger partial charge in [-0.2, -0.15) is 0 Å². The first kappa shape index (κ1) is 13.2. The molecule has 0 fully saturated rings. The molecule has 2 rings (SSSR count). The van der Waals surface area contributed by atoms with Crippen molar-refractivity contribution in [1.29, 1.82) is 0 Å². The lowest BCUT2D eigenvalue weighted by Gasteiger charge is -2.08. The third kappa shape index (κ3) is 3.37. The van der Waals surface area contributed by atoms with Crippen LogP contribution in [0.2, 0.25) is 0 Å². The van der Waals surface area contributed by atoms with Crippen molar-refractivity contribution in [3.05, 3.63) is 59.5 Å². The van der Waals surface area contributed by atoms with E-state index in [1.807, 2.05) is 26.0 Å². The molecule has 1 heterocycles. The molecule has 1 aromatic heterocycles. The fraction of sp³-hybridized carbons (Fsp3) is 0.200. The Morgan fingerprint density at radius 3 is 2.63 bits per heavy atom. The molecule has 0 aliphatic carbocycles. The number of aromatic nitrogens is 2. The van der Waals surface area contributed by atoms with E-state index >= 15 is 0 Å². The largest absolute Gasteiger partial charge is 0.364 e. The van der Waals surface area contributed by atoms with Gasteiger partial charge in [0.1, 0.15) is 11.6 Å². The summed E-state index contributed by atoms with van der Waals surface area (Å²) in [5, 5.41) is 11.3. The van der Waals surface area contributed by atoms with E-state index in [9.17, 15) is 4.39 Å². The Bertz CT molecular complexity index is 591. The maximum atomic E-state index is 13.0. The fourth-order valence-corrected chi connectivity index (χ4v) is 1.70. The third-order valence-corrected chi connectivity index (χ3v) is 2.87. The second-order valence-electron chi connectivity index (χ2n) is 4.51. The zero-order chi connectivity index (χ0) is 13.8. The van der Waals surface area contributed by atoms with E-state index in [4.69, 9.17) is 0 Å². The quantitative estimate of drug-likeness (QED) is 0.909. The second-order valence-corrected chi connectivity index (χ2v) is 4.51. The van der Waals surface area contributed by atoms with Gasteiger partial charge in [-0.3, -0.25) is 0 Å². The first-order valence-electron chi connectivity index (χ1n) is 6.05. The number of benzene rings is 1. The molecule has 1 N–H and O–H groups in total. The minimum atomic E-state index is -0.216. The number of halogens is 1. The predicted molar refractivity (Wildman–Crippen MR) is 75.2 cm³/mol. The van der Waals surface area contributed by atoms with Crippen LogP contribution in [0.1, 0.15) is 23.7 Å². The molecule has 0 amide bonds. The average molecular weight is 257 g/mol. The topological polar surface area (TPSA) is 37.8 Å². The van der Waals surface area contributed by atoms with Crippen LogP contribution in [0.3, 0.4) is 0 Å². The van der Waals surface area contributed by atoms with E-state index in [-0.39, 0.29) is 5.82 Å². The number of aryl methyl sites for hydroxylation is 1. The van der Waals surface area contributed by atoms with Crippen molar-refractivity contribution < 1.29 is 4.39 Å². The Labute approximate surface area is 112 Å². The van der Waals surface area contributed by atoms with Gasteiger partial charge >= 0.3 is 0 Å². The highest BCUT2D eigenvalue weighted by Gasteiger charge is 2.02. The number of nitrogens with one attached hydrogen (secondary N) is 1. The Kier molecular flexibility index (Phi) is 3.90. The van der Waals surface area contributed by atoms with Crippen molar-refractivity contribution in [1.82, 2.24) is 10.2 Å². The summed E-state index contributed by atoms with van der Waals surface area (Å²) >= 11 is 0. The molecular weight excluding hydrogens is 241 g/mol. The average Bonchev–Trinajstić information content (AvgIpc) is 2.38. The number of hydrogen-bond donors (Lipinski definition) is 1. The van der Waals surface area contributed by atoms with Crippen molar-refractivity contribution in [2.45, 2.75) is 20.4 Å². The van der Waals surface area contributed by atoms with Crippen molar-refractivity contribution in [2.24, 2.45) is 0 Å². The van der Waals surface area contributed by atoms with Gasteiger partial charge in [0.25, 0.3) is 0 Å². The van der Waals surface area contributed by atoms with Crippen molar-refractivity contribution in [3.8, 4) is 0 Å². The lowest BCUT2D eigenvalue weighted by molar-refractivity contribution is 0.625. The van der Waals surface area contributed by atoms with Gasteiger partial charge in [-0.05, 0) is 54.8 Å². The van der Waals surface area contributed by atoms with Gasteiger partial charge in [-0.15, -0.1) is 10.2 Å². The summed E-state index contributed by atoms with van der Waals surface area (Å²) in [6.45, 7) is 8.17. The summed E-state index contributed by atoms with van der Waals surface area (Å²) in [5.41, 5.74) is 3.61. The molecule has 0 saturated carbocycles. The van der Waals surface area contributed by atoms with E-state index in [0.717, 1.165) is 22.4 Å². The van der Waals surface area contributed by atoms with Crippen LogP contribution in [0.5, 0.6) is 0 Å². The van der Waals surface area contributed by atoms with E-state index < -0.39 is 0 Å². The molecule has 98 valence electrons. The van der Waals surface area contributed by atoms with Crippen molar-refractivity contribution in [3.63, 3.8) is 0 Å². The summed E-state index contributed by atoms with van der Waals surface area (Å²) in [7, 11) is 0. The number of nitrogens with zero attached hydrogens (tertiary/aromatic N) is 2. The zero-order valence-electron chi connectivity index (χ0n) is 11.1. The molecule has 0 aliphatic heterocycles. The Morgan fingerprint density at radius 2 is 2.05 bits per heavy atom. The molecule has 0 spiro atoms. The van der Waals surface area contributed by atoms with E-state index in [1.54, 1.807) is 6.07 Å². The molecule has 19 heavy (non-hydrogen) atoms. The SMILES string of the molecule is C=C(C)c1ccc(NCc2ccc(F)cc2C)nn1. The second kappa shape index (κ2) is 5.61. The first-order chi connectivity index (χ1) is 9.06. The van der Waals surface area contributed by atoms with E-state index in [2.05, 4.69) is 22.1 Å². The standard InChI is InChI=1S/C15H16FN3/c1-10(2)14-6-7-15(19-18-14)17-9-12-4-5-13(16)8-11(12)3/h4-8H,1,9H2,2-3H3,(H,17,19). The Hall–Kier alpha value is -2.23. The van der Waals surface area contributed by atoms with Gasteiger partial charge < -0.3 is 5.32 Å². The van der Waals surface area contributed by atoms with Gasteiger partial charge in [0.15, 0.2) is 0 Å². The van der Waals surface area contributed by atoms with Gasteiger partial charge in [0.2, 0.25) is 0 Å². The minimum Gasteiger partial charge on any atom is -0.364 e. The molecule has 0 radical (unpaired) electrons. The van der Waals surface area contributed by atoms with Crippen LogP contribution >= 0.6 is 0 Å². The molecule has 4 heteroatoms. The van der Waals surface area contributed by atoms with Crippen LogP contribution in [0, 0.1) is 12.7 Å². The molecule has 0 bridgehead atoms. The van der Waals surface area contributed by atoms with Crippen molar-refractivity contribution >= 4 is 11.4 Å². The molecular formula is C15H16FN3. The third-order valence-electron chi connectivity index (χ3n) is 2.87. The van der Waals surface area contributed by atoms with Crippen LogP contribution in [-0.4, -0.2) is 10.2 Å². The maximum absolute atomic E-state index is 13.0.